The van der Waals surface area contributed by atoms with Gasteiger partial charge in [-0.3, -0.25) is 18.9 Å². The van der Waals surface area contributed by atoms with Crippen LogP contribution in [0.15, 0.2) is 54.2 Å². The van der Waals surface area contributed by atoms with Crippen LogP contribution in [0.4, 0.5) is 4.39 Å². The number of carbonyl (C=O) groups is 2. The molecule has 1 N–H and O–H groups in total. The third-order valence-corrected chi connectivity index (χ3v) is 6.61. The van der Waals surface area contributed by atoms with E-state index in [0.29, 0.717) is 48.8 Å². The highest BCUT2D eigenvalue weighted by atomic mass is 19.1. The lowest BCUT2D eigenvalue weighted by molar-refractivity contribution is -0.140. The molecular weight excluding hydrogens is 451 g/mol. The molecule has 8 nitrogen and oxygen atoms in total. The zero-order chi connectivity index (χ0) is 24.5. The number of likely N-dealkylation sites (tertiary alicyclic amines) is 1. The maximum atomic E-state index is 14.2. The third-order valence-electron chi connectivity index (χ3n) is 6.61. The number of fused-ring (bicyclic) bond motifs is 1. The van der Waals surface area contributed by atoms with E-state index in [4.69, 9.17) is 4.74 Å². The monoisotopic (exact) mass is 478 g/mol. The number of hydrogen-bond donors (Lipinski definition) is 1. The summed E-state index contributed by atoms with van der Waals surface area (Å²) < 4.78 is 21.3. The first-order valence-corrected chi connectivity index (χ1v) is 11.7. The molecule has 0 spiro atoms. The summed E-state index contributed by atoms with van der Waals surface area (Å²) in [6.45, 7) is 5.76. The Kier molecular flexibility index (Phi) is 6.36. The SMILES string of the molecule is Cc1nc2ccccn2c1/C(O)=C1\C(=O)C(=O)N(CCCN2CCOCC2)[C@H]1c1cccc(F)c1. The molecule has 0 radical (unpaired) electrons. The molecular formula is C26H27FN4O4. The van der Waals surface area contributed by atoms with Gasteiger partial charge in [0.2, 0.25) is 0 Å². The van der Waals surface area contributed by atoms with Crippen LogP contribution in [0.3, 0.4) is 0 Å². The summed E-state index contributed by atoms with van der Waals surface area (Å²) in [7, 11) is 0. The number of pyridine rings is 1. The fourth-order valence-electron chi connectivity index (χ4n) is 4.95. The molecule has 1 amide bonds. The van der Waals surface area contributed by atoms with E-state index in [1.54, 1.807) is 35.7 Å². The molecule has 2 fully saturated rings. The number of nitrogens with zero attached hydrogens (tertiary/aromatic N) is 4. The predicted molar refractivity (Wildman–Crippen MR) is 127 cm³/mol. The molecule has 9 heteroatoms. The summed E-state index contributed by atoms with van der Waals surface area (Å²) in [5, 5.41) is 11.4. The second-order valence-electron chi connectivity index (χ2n) is 8.83. The van der Waals surface area contributed by atoms with Crippen molar-refractivity contribution in [3.63, 3.8) is 0 Å². The summed E-state index contributed by atoms with van der Waals surface area (Å²) in [6, 6.07) is 10.3. The number of ether oxygens (including phenoxy) is 1. The smallest absolute Gasteiger partial charge is 0.295 e. The Balaban J connectivity index is 1.55. The molecule has 2 aromatic heterocycles. The first kappa shape index (κ1) is 23.2. The van der Waals surface area contributed by atoms with Crippen molar-refractivity contribution in [2.75, 3.05) is 39.4 Å². The second-order valence-corrected chi connectivity index (χ2v) is 8.83. The number of halogens is 1. The molecule has 35 heavy (non-hydrogen) atoms. The van der Waals surface area contributed by atoms with Gasteiger partial charge in [0, 0.05) is 32.4 Å². The van der Waals surface area contributed by atoms with Gasteiger partial charge in [0.1, 0.15) is 17.2 Å². The second kappa shape index (κ2) is 9.59. The summed E-state index contributed by atoms with van der Waals surface area (Å²) in [4.78, 5) is 34.6. The van der Waals surface area contributed by atoms with E-state index in [2.05, 4.69) is 9.88 Å². The van der Waals surface area contributed by atoms with Crippen LogP contribution >= 0.6 is 0 Å². The summed E-state index contributed by atoms with van der Waals surface area (Å²) in [5.74, 6) is -2.28. The van der Waals surface area contributed by atoms with Gasteiger partial charge in [-0.2, -0.15) is 0 Å². The molecule has 5 rings (SSSR count). The van der Waals surface area contributed by atoms with Gasteiger partial charge >= 0.3 is 0 Å². The molecule has 182 valence electrons. The lowest BCUT2D eigenvalue weighted by Crippen LogP contribution is -2.39. The molecule has 0 unspecified atom stereocenters. The maximum absolute atomic E-state index is 14.2. The minimum atomic E-state index is -0.899. The van der Waals surface area contributed by atoms with E-state index < -0.39 is 23.5 Å². The van der Waals surface area contributed by atoms with Gasteiger partial charge in [-0.15, -0.1) is 0 Å². The molecule has 2 aliphatic rings. The number of ketones is 1. The number of benzene rings is 1. The number of morpholine rings is 1. The standard InChI is InChI=1S/C26H27FN4O4/c1-17-22(30-10-3-2-8-20(30)28-17)24(32)21-23(18-6-4-7-19(27)16-18)31(26(34)25(21)33)11-5-9-29-12-14-35-15-13-29/h2-4,6-8,10,16,23,32H,5,9,11-15H2,1H3/b24-21+/t23-/m0/s1. The van der Waals surface area contributed by atoms with Crippen molar-refractivity contribution in [1.82, 2.24) is 19.2 Å². The van der Waals surface area contributed by atoms with Gasteiger partial charge in [-0.05, 0) is 43.2 Å². The van der Waals surface area contributed by atoms with E-state index in [-0.39, 0.29) is 11.3 Å². The number of aliphatic hydroxyl groups excluding tert-OH is 1. The normalized spacial score (nSPS) is 20.7. The lowest BCUT2D eigenvalue weighted by atomic mass is 9.96. The number of Topliss-reactive ketones (excluding diaryl/α,β-unsaturated/α-hetero) is 1. The minimum Gasteiger partial charge on any atom is -0.505 e. The van der Waals surface area contributed by atoms with Crippen LogP contribution in [0.1, 0.15) is 29.4 Å². The van der Waals surface area contributed by atoms with Crippen LogP contribution in [-0.2, 0) is 14.3 Å². The molecule has 0 bridgehead atoms. The highest BCUT2D eigenvalue weighted by molar-refractivity contribution is 6.46. The van der Waals surface area contributed by atoms with Crippen molar-refractivity contribution < 1.29 is 23.8 Å². The van der Waals surface area contributed by atoms with Crippen molar-refractivity contribution in [3.05, 3.63) is 77.0 Å². The average Bonchev–Trinajstić information content (AvgIpc) is 3.32. The third kappa shape index (κ3) is 4.33. The van der Waals surface area contributed by atoms with Gasteiger partial charge in [0.15, 0.2) is 5.76 Å². The largest absolute Gasteiger partial charge is 0.505 e. The number of imidazole rings is 1. The molecule has 2 aliphatic heterocycles. The van der Waals surface area contributed by atoms with Gasteiger partial charge in [0.25, 0.3) is 11.7 Å². The Morgan fingerprint density at radius 2 is 1.94 bits per heavy atom. The fraction of sp³-hybridized carbons (Fsp3) is 0.346. The number of amides is 1. The van der Waals surface area contributed by atoms with Crippen LogP contribution in [0.5, 0.6) is 0 Å². The molecule has 0 aliphatic carbocycles. The molecule has 2 saturated heterocycles. The van der Waals surface area contributed by atoms with E-state index in [0.717, 1.165) is 19.6 Å². The quantitative estimate of drug-likeness (QED) is 0.333. The fourth-order valence-corrected chi connectivity index (χ4v) is 4.95. The Labute approximate surface area is 202 Å². The van der Waals surface area contributed by atoms with E-state index in [1.165, 1.54) is 23.1 Å². The summed E-state index contributed by atoms with van der Waals surface area (Å²) >= 11 is 0. The molecule has 0 saturated carbocycles. The Morgan fingerprint density at radius 3 is 2.71 bits per heavy atom. The van der Waals surface area contributed by atoms with Gasteiger partial charge < -0.3 is 14.7 Å². The zero-order valence-electron chi connectivity index (χ0n) is 19.5. The Hall–Kier alpha value is -3.56. The number of aromatic nitrogens is 2. The van der Waals surface area contributed by atoms with Crippen LogP contribution in [0.25, 0.3) is 11.4 Å². The lowest BCUT2D eigenvalue weighted by Gasteiger charge is -2.29. The number of aliphatic hydroxyl groups is 1. The first-order chi connectivity index (χ1) is 17.0. The zero-order valence-corrected chi connectivity index (χ0v) is 19.5. The van der Waals surface area contributed by atoms with Crippen molar-refractivity contribution in [3.8, 4) is 0 Å². The molecule has 4 heterocycles. The van der Waals surface area contributed by atoms with E-state index in [1.807, 2.05) is 6.07 Å². The van der Waals surface area contributed by atoms with Crippen molar-refractivity contribution in [1.29, 1.82) is 0 Å². The first-order valence-electron chi connectivity index (χ1n) is 11.7. The van der Waals surface area contributed by atoms with Crippen LogP contribution in [0.2, 0.25) is 0 Å². The average molecular weight is 479 g/mol. The van der Waals surface area contributed by atoms with E-state index in [9.17, 15) is 19.1 Å². The molecule has 3 aromatic rings. The summed E-state index contributed by atoms with van der Waals surface area (Å²) in [5.41, 5.74) is 1.84. The molecule has 1 aromatic carbocycles. The molecule has 1 atom stereocenters. The van der Waals surface area contributed by atoms with Gasteiger partial charge in [-0.1, -0.05) is 18.2 Å². The topological polar surface area (TPSA) is 87.4 Å². The highest BCUT2D eigenvalue weighted by Gasteiger charge is 2.46. The van der Waals surface area contributed by atoms with Crippen molar-refractivity contribution in [2.45, 2.75) is 19.4 Å². The predicted octanol–water partition coefficient (Wildman–Crippen LogP) is 2.93. The number of hydrogen-bond acceptors (Lipinski definition) is 6. The van der Waals surface area contributed by atoms with Crippen molar-refractivity contribution >= 4 is 23.1 Å². The number of aryl methyl sites for hydroxylation is 1. The number of carbonyl (C=O) groups excluding carboxylic acids is 2. The van der Waals surface area contributed by atoms with Crippen LogP contribution in [-0.4, -0.2) is 75.4 Å². The van der Waals surface area contributed by atoms with Gasteiger partial charge in [-0.25, -0.2) is 9.37 Å². The number of rotatable bonds is 6. The van der Waals surface area contributed by atoms with Crippen LogP contribution in [0, 0.1) is 12.7 Å². The van der Waals surface area contributed by atoms with Crippen LogP contribution < -0.4 is 0 Å². The summed E-state index contributed by atoms with van der Waals surface area (Å²) in [6.07, 6.45) is 2.37. The Morgan fingerprint density at radius 1 is 1.14 bits per heavy atom. The van der Waals surface area contributed by atoms with Gasteiger partial charge in [0.05, 0.1) is 30.5 Å². The highest BCUT2D eigenvalue weighted by Crippen LogP contribution is 2.40. The Bertz CT molecular complexity index is 1310. The maximum Gasteiger partial charge on any atom is 0.295 e. The van der Waals surface area contributed by atoms with Crippen molar-refractivity contribution in [2.24, 2.45) is 0 Å². The van der Waals surface area contributed by atoms with E-state index >= 15 is 0 Å². The minimum absolute atomic E-state index is 0.0549.